The Bertz CT molecular complexity index is 2700. The van der Waals surface area contributed by atoms with Crippen LogP contribution in [0.25, 0.3) is 21.8 Å². The van der Waals surface area contributed by atoms with Crippen LogP contribution in [0.1, 0.15) is 11.1 Å². The zero-order valence-electron chi connectivity index (χ0n) is 35.9. The van der Waals surface area contributed by atoms with Gasteiger partial charge in [0.25, 0.3) is 0 Å². The summed E-state index contributed by atoms with van der Waals surface area (Å²) < 4.78 is 65.4. The Hall–Kier alpha value is -7.71. The standard InChI is InChI=1S/C26H25F3N6O3.C18H20N6O3/c1-36-22-11-20-21(12-23(22)37-2)32-16-33-24(20)34-7-9-35(10-8-34)25-30-13-19(14-31-25)38-15-17-3-5-18(6-4-17)26(27,28)29;1-26-15-7-13-14(8-16(15)27-2)21-11-22-17(13)23-3-5-24(6-4-23)18-19-9-12(25)10-20-18/h3-6,11-14,16H,7-10,15H2,1-2H3;7-11,25H,3-6H2,1-2H3. The van der Waals surface area contributed by atoms with E-state index in [1.54, 1.807) is 53.5 Å². The van der Waals surface area contributed by atoms with Crippen LogP contribution >= 0.6 is 0 Å². The van der Waals surface area contributed by atoms with E-state index in [9.17, 15) is 18.3 Å². The average molecular weight is 895 g/mol. The zero-order valence-corrected chi connectivity index (χ0v) is 35.9. The first-order valence-corrected chi connectivity index (χ1v) is 20.4. The Kier molecular flexibility index (Phi) is 13.1. The lowest BCUT2D eigenvalue weighted by molar-refractivity contribution is -0.137. The molecule has 2 saturated heterocycles. The van der Waals surface area contributed by atoms with Crippen LogP contribution in [0.4, 0.5) is 36.7 Å². The lowest BCUT2D eigenvalue weighted by Crippen LogP contribution is -2.47. The summed E-state index contributed by atoms with van der Waals surface area (Å²) in [5, 5.41) is 11.1. The lowest BCUT2D eigenvalue weighted by Gasteiger charge is -2.35. The molecule has 0 saturated carbocycles. The van der Waals surface area contributed by atoms with Crippen LogP contribution in [0.3, 0.4) is 0 Å². The third-order valence-corrected chi connectivity index (χ3v) is 10.9. The molecule has 2 aliphatic heterocycles. The number of halogens is 3. The Morgan fingerprint density at radius 1 is 0.523 bits per heavy atom. The number of piperazine rings is 2. The molecule has 0 radical (unpaired) electrons. The second kappa shape index (κ2) is 19.4. The molecule has 65 heavy (non-hydrogen) atoms. The highest BCUT2D eigenvalue weighted by molar-refractivity contribution is 5.93. The van der Waals surface area contributed by atoms with Crippen LogP contribution in [0.5, 0.6) is 34.5 Å². The van der Waals surface area contributed by atoms with Gasteiger partial charge in [0.05, 0.1) is 69.8 Å². The largest absolute Gasteiger partial charge is 0.505 e. The van der Waals surface area contributed by atoms with Crippen LogP contribution in [-0.2, 0) is 12.8 Å². The number of rotatable bonds is 11. The van der Waals surface area contributed by atoms with Crippen LogP contribution in [0.15, 0.2) is 86.0 Å². The van der Waals surface area contributed by atoms with E-state index in [2.05, 4.69) is 59.5 Å². The van der Waals surface area contributed by atoms with Crippen molar-refractivity contribution in [2.75, 3.05) is 100 Å². The van der Waals surface area contributed by atoms with E-state index in [0.29, 0.717) is 72.4 Å². The van der Waals surface area contributed by atoms with Crippen molar-refractivity contribution in [1.29, 1.82) is 0 Å². The van der Waals surface area contributed by atoms with Gasteiger partial charge in [-0.1, -0.05) is 12.1 Å². The summed E-state index contributed by atoms with van der Waals surface area (Å²) in [7, 11) is 6.40. The van der Waals surface area contributed by atoms with Gasteiger partial charge in [0.2, 0.25) is 11.9 Å². The van der Waals surface area contributed by atoms with Gasteiger partial charge < -0.3 is 48.4 Å². The Labute approximate surface area is 371 Å². The second-order valence-corrected chi connectivity index (χ2v) is 14.7. The molecule has 0 amide bonds. The first kappa shape index (κ1) is 43.9. The van der Waals surface area contributed by atoms with Gasteiger partial charge in [-0.2, -0.15) is 13.2 Å². The van der Waals surface area contributed by atoms with Gasteiger partial charge in [0.15, 0.2) is 34.5 Å². The van der Waals surface area contributed by atoms with Crippen molar-refractivity contribution in [3.63, 3.8) is 0 Å². The smallest absolute Gasteiger partial charge is 0.416 e. The Morgan fingerprint density at radius 2 is 0.923 bits per heavy atom. The Morgan fingerprint density at radius 3 is 1.34 bits per heavy atom. The van der Waals surface area contributed by atoms with Crippen molar-refractivity contribution in [2.24, 2.45) is 0 Å². The fourth-order valence-corrected chi connectivity index (χ4v) is 7.46. The van der Waals surface area contributed by atoms with Crippen molar-refractivity contribution in [1.82, 2.24) is 39.9 Å². The van der Waals surface area contributed by atoms with Crippen LogP contribution < -0.4 is 43.3 Å². The number of fused-ring (bicyclic) bond motifs is 2. The first-order chi connectivity index (χ1) is 31.5. The first-order valence-electron chi connectivity index (χ1n) is 20.4. The van der Waals surface area contributed by atoms with E-state index in [4.69, 9.17) is 23.7 Å². The second-order valence-electron chi connectivity index (χ2n) is 14.7. The van der Waals surface area contributed by atoms with E-state index in [-0.39, 0.29) is 12.4 Å². The number of anilines is 4. The molecule has 4 aromatic heterocycles. The predicted octanol–water partition coefficient (Wildman–Crippen LogP) is 5.83. The summed E-state index contributed by atoms with van der Waals surface area (Å²) in [6.45, 7) is 5.94. The summed E-state index contributed by atoms with van der Waals surface area (Å²) in [6, 6.07) is 12.4. The highest BCUT2D eigenvalue weighted by Crippen LogP contribution is 2.37. The maximum Gasteiger partial charge on any atom is 0.416 e. The fraction of sp³-hybridized carbons (Fsp3) is 0.318. The molecule has 1 N–H and O–H groups in total. The molecule has 18 nitrogen and oxygen atoms in total. The molecular formula is C44H45F3N12O6. The normalized spacial score (nSPS) is 14.2. The summed E-state index contributed by atoms with van der Waals surface area (Å²) in [4.78, 5) is 43.5. The molecule has 2 aliphatic rings. The number of methoxy groups -OCH3 is 4. The van der Waals surface area contributed by atoms with E-state index < -0.39 is 11.7 Å². The van der Waals surface area contributed by atoms with E-state index in [0.717, 1.165) is 71.8 Å². The van der Waals surface area contributed by atoms with Crippen molar-refractivity contribution in [3.05, 3.63) is 97.1 Å². The van der Waals surface area contributed by atoms with Crippen LogP contribution in [0.2, 0.25) is 0 Å². The predicted molar refractivity (Wildman–Crippen MR) is 236 cm³/mol. The number of aromatic nitrogens is 8. The SMILES string of the molecule is COc1cc2ncnc(N3CCN(c4ncc(O)cn4)CC3)c2cc1OC.COc1cc2ncnc(N3CCN(c4ncc(OCc5ccc(C(F)(F)F)cc5)cn4)CC3)c2cc1OC. The quantitative estimate of drug-likeness (QED) is 0.164. The van der Waals surface area contributed by atoms with Crippen molar-refractivity contribution in [3.8, 4) is 34.5 Å². The van der Waals surface area contributed by atoms with Gasteiger partial charge in [-0.3, -0.25) is 0 Å². The highest BCUT2D eigenvalue weighted by atomic mass is 19.4. The van der Waals surface area contributed by atoms with Gasteiger partial charge in [-0.15, -0.1) is 0 Å². The zero-order chi connectivity index (χ0) is 45.5. The molecule has 6 heterocycles. The summed E-state index contributed by atoms with van der Waals surface area (Å²) in [6.07, 6.45) is 4.70. The number of alkyl halides is 3. The number of aromatic hydroxyl groups is 1. The van der Waals surface area contributed by atoms with Crippen molar-refractivity contribution in [2.45, 2.75) is 12.8 Å². The monoisotopic (exact) mass is 894 g/mol. The molecule has 21 heteroatoms. The minimum Gasteiger partial charge on any atom is -0.505 e. The minimum absolute atomic E-state index is 0.0641. The summed E-state index contributed by atoms with van der Waals surface area (Å²) in [5.74, 6) is 5.90. The molecule has 7 aromatic rings. The molecular weight excluding hydrogens is 850 g/mol. The number of ether oxygens (including phenoxy) is 5. The van der Waals surface area contributed by atoms with E-state index in [1.165, 1.54) is 24.5 Å². The van der Waals surface area contributed by atoms with E-state index >= 15 is 0 Å². The number of hydrogen-bond acceptors (Lipinski definition) is 18. The molecule has 0 unspecified atom stereocenters. The molecule has 9 rings (SSSR count). The van der Waals surface area contributed by atoms with Crippen molar-refractivity contribution >= 4 is 45.3 Å². The molecule has 0 atom stereocenters. The van der Waals surface area contributed by atoms with Crippen LogP contribution in [0, 0.1) is 0 Å². The molecule has 0 aliphatic carbocycles. The minimum atomic E-state index is -4.36. The molecule has 3 aromatic carbocycles. The summed E-state index contributed by atoms with van der Waals surface area (Å²) in [5.41, 5.74) is 1.50. The molecule has 2 fully saturated rings. The number of nitrogens with zero attached hydrogens (tertiary/aromatic N) is 12. The highest BCUT2D eigenvalue weighted by Gasteiger charge is 2.30. The molecule has 338 valence electrons. The topological polar surface area (TPSA) is 182 Å². The average Bonchev–Trinajstić information content (AvgIpc) is 3.35. The maximum absolute atomic E-state index is 12.7. The Balaban J connectivity index is 0.000000188. The lowest BCUT2D eigenvalue weighted by atomic mass is 10.1. The third-order valence-electron chi connectivity index (χ3n) is 10.9. The maximum atomic E-state index is 12.7. The molecule has 0 bridgehead atoms. The van der Waals surface area contributed by atoms with Crippen molar-refractivity contribution < 1.29 is 42.0 Å². The summed E-state index contributed by atoms with van der Waals surface area (Å²) >= 11 is 0. The van der Waals surface area contributed by atoms with Gasteiger partial charge in [0, 0.05) is 75.3 Å². The van der Waals surface area contributed by atoms with Gasteiger partial charge in [-0.25, -0.2) is 39.9 Å². The van der Waals surface area contributed by atoms with E-state index in [1.807, 2.05) is 24.3 Å². The third kappa shape index (κ3) is 9.93. The van der Waals surface area contributed by atoms with Gasteiger partial charge in [-0.05, 0) is 29.8 Å². The number of hydrogen-bond donors (Lipinski definition) is 1. The number of benzene rings is 3. The molecule has 0 spiro atoms. The van der Waals surface area contributed by atoms with Gasteiger partial charge in [0.1, 0.15) is 30.9 Å². The fourth-order valence-electron chi connectivity index (χ4n) is 7.46. The van der Waals surface area contributed by atoms with Gasteiger partial charge >= 0.3 is 6.18 Å². The van der Waals surface area contributed by atoms with Crippen LogP contribution in [-0.4, -0.2) is 126 Å².